The minimum absolute atomic E-state index is 0.757. The van der Waals surface area contributed by atoms with E-state index in [0.717, 1.165) is 19.5 Å². The van der Waals surface area contributed by atoms with Crippen molar-refractivity contribution in [2.75, 3.05) is 13.1 Å². The van der Waals surface area contributed by atoms with Gasteiger partial charge >= 0.3 is 0 Å². The van der Waals surface area contributed by atoms with E-state index in [1.54, 1.807) is 6.34 Å². The van der Waals surface area contributed by atoms with Crippen molar-refractivity contribution in [3.63, 3.8) is 0 Å². The van der Waals surface area contributed by atoms with Crippen molar-refractivity contribution in [3.05, 3.63) is 6.42 Å². The van der Waals surface area contributed by atoms with Crippen molar-refractivity contribution in [1.82, 2.24) is 5.32 Å². The summed E-state index contributed by atoms with van der Waals surface area (Å²) in [5.41, 5.74) is 0. The van der Waals surface area contributed by atoms with E-state index in [0.29, 0.717) is 0 Å². The van der Waals surface area contributed by atoms with E-state index in [1.807, 2.05) is 0 Å². The molecule has 1 heterocycles. The molecule has 0 spiro atoms. The van der Waals surface area contributed by atoms with Gasteiger partial charge in [0.15, 0.2) is 0 Å². The number of hydrogen-bond donors (Lipinski definition) is 1. The zero-order valence-electron chi connectivity index (χ0n) is 4.15. The fourth-order valence-electron chi connectivity index (χ4n) is 0.479. The highest BCUT2D eigenvalue weighted by atomic mass is 14.9. The van der Waals surface area contributed by atoms with Crippen LogP contribution in [0.5, 0.6) is 0 Å². The first kappa shape index (κ1) is 4.62. The SMILES string of the molecule is [C]1CCNC=NC1. The number of nitrogens with zero attached hydrogens (tertiary/aromatic N) is 1. The second-order valence-electron chi connectivity index (χ2n) is 1.42. The van der Waals surface area contributed by atoms with Crippen LogP contribution in [0.3, 0.4) is 0 Å². The fraction of sp³-hybridized carbons (Fsp3) is 0.600. The highest BCUT2D eigenvalue weighted by Crippen LogP contribution is 1.86. The molecular weight excluding hydrogens is 88.1 g/mol. The van der Waals surface area contributed by atoms with E-state index in [4.69, 9.17) is 0 Å². The van der Waals surface area contributed by atoms with Crippen molar-refractivity contribution < 1.29 is 0 Å². The van der Waals surface area contributed by atoms with Crippen molar-refractivity contribution in [2.45, 2.75) is 6.42 Å². The van der Waals surface area contributed by atoms with Gasteiger partial charge in [-0.15, -0.1) is 0 Å². The summed E-state index contributed by atoms with van der Waals surface area (Å²) in [4.78, 5) is 3.92. The fourth-order valence-corrected chi connectivity index (χ4v) is 0.479. The van der Waals surface area contributed by atoms with E-state index in [9.17, 15) is 0 Å². The minimum atomic E-state index is 0.757. The van der Waals surface area contributed by atoms with E-state index >= 15 is 0 Å². The summed E-state index contributed by atoms with van der Waals surface area (Å²) in [7, 11) is 0. The Kier molecular flexibility index (Phi) is 1.72. The molecule has 0 fully saturated rings. The van der Waals surface area contributed by atoms with Gasteiger partial charge in [0, 0.05) is 19.5 Å². The van der Waals surface area contributed by atoms with Crippen LogP contribution in [-0.2, 0) is 0 Å². The zero-order valence-corrected chi connectivity index (χ0v) is 4.15. The monoisotopic (exact) mass is 96.1 g/mol. The Hall–Kier alpha value is -0.530. The van der Waals surface area contributed by atoms with Gasteiger partial charge in [-0.05, 0) is 6.42 Å². The Morgan fingerprint density at radius 2 is 2.71 bits per heavy atom. The Labute approximate surface area is 43.6 Å². The van der Waals surface area contributed by atoms with Crippen molar-refractivity contribution in [3.8, 4) is 0 Å². The van der Waals surface area contributed by atoms with Crippen LogP contribution in [0.15, 0.2) is 4.99 Å². The maximum atomic E-state index is 3.92. The molecular formula is C5H8N2. The van der Waals surface area contributed by atoms with E-state index < -0.39 is 0 Å². The summed E-state index contributed by atoms with van der Waals surface area (Å²) in [6.45, 7) is 1.75. The predicted molar refractivity (Wildman–Crippen MR) is 29.2 cm³/mol. The third-order valence-electron chi connectivity index (χ3n) is 0.832. The van der Waals surface area contributed by atoms with Gasteiger partial charge < -0.3 is 5.32 Å². The lowest BCUT2D eigenvalue weighted by atomic mass is 10.3. The van der Waals surface area contributed by atoms with Crippen LogP contribution in [0.2, 0.25) is 0 Å². The summed E-state index contributed by atoms with van der Waals surface area (Å²) >= 11 is 0. The van der Waals surface area contributed by atoms with Crippen LogP contribution in [-0.4, -0.2) is 19.4 Å². The Bertz CT molecular complexity index is 60.5. The molecule has 1 N–H and O–H groups in total. The first-order chi connectivity index (χ1) is 3.50. The average Bonchev–Trinajstić information content (AvgIpc) is 1.90. The van der Waals surface area contributed by atoms with E-state index in [1.165, 1.54) is 0 Å². The molecule has 0 saturated carbocycles. The molecule has 0 unspecified atom stereocenters. The lowest BCUT2D eigenvalue weighted by Crippen LogP contribution is -2.09. The quantitative estimate of drug-likeness (QED) is 0.454. The van der Waals surface area contributed by atoms with Crippen LogP contribution >= 0.6 is 0 Å². The maximum absolute atomic E-state index is 3.92. The Balaban J connectivity index is 2.20. The molecule has 0 amide bonds. The topological polar surface area (TPSA) is 24.4 Å². The average molecular weight is 96.1 g/mol. The van der Waals surface area contributed by atoms with Crippen LogP contribution in [0.25, 0.3) is 0 Å². The smallest absolute Gasteiger partial charge is 0.0824 e. The molecule has 1 aliphatic heterocycles. The minimum Gasteiger partial charge on any atom is -0.376 e. The van der Waals surface area contributed by atoms with Gasteiger partial charge in [0.1, 0.15) is 0 Å². The first-order valence-corrected chi connectivity index (χ1v) is 2.42. The number of rotatable bonds is 0. The maximum Gasteiger partial charge on any atom is 0.0824 e. The van der Waals surface area contributed by atoms with Gasteiger partial charge in [0.25, 0.3) is 0 Å². The second-order valence-corrected chi connectivity index (χ2v) is 1.42. The number of nitrogens with one attached hydrogen (secondary N) is 1. The number of aliphatic imine (C=N–C) groups is 1. The largest absolute Gasteiger partial charge is 0.376 e. The molecule has 0 aliphatic carbocycles. The van der Waals surface area contributed by atoms with Gasteiger partial charge in [0.2, 0.25) is 0 Å². The Morgan fingerprint density at radius 1 is 1.71 bits per heavy atom. The number of hydrogen-bond acceptors (Lipinski definition) is 2. The molecule has 1 aliphatic rings. The molecule has 0 bridgehead atoms. The second kappa shape index (κ2) is 2.61. The molecule has 2 radical (unpaired) electrons. The van der Waals surface area contributed by atoms with Crippen LogP contribution in [0, 0.1) is 6.42 Å². The molecule has 2 nitrogen and oxygen atoms in total. The summed E-state index contributed by atoms with van der Waals surface area (Å²) in [6, 6.07) is 0. The third kappa shape index (κ3) is 1.57. The summed E-state index contributed by atoms with van der Waals surface area (Å²) in [5, 5.41) is 2.99. The molecule has 0 atom stereocenters. The molecule has 0 aromatic rings. The highest BCUT2D eigenvalue weighted by Gasteiger charge is 1.88. The van der Waals surface area contributed by atoms with Gasteiger partial charge in [-0.25, -0.2) is 0 Å². The highest BCUT2D eigenvalue weighted by molar-refractivity contribution is 5.54. The van der Waals surface area contributed by atoms with E-state index in [2.05, 4.69) is 16.7 Å². The van der Waals surface area contributed by atoms with Crippen molar-refractivity contribution >= 4 is 6.34 Å². The molecule has 0 saturated heterocycles. The standard InChI is InChI=1S/C5H8N2/c1-2-4-7-5-6-3-1/h5H,1,3-4H2,(H,6,7). The molecule has 2 heteroatoms. The van der Waals surface area contributed by atoms with Crippen LogP contribution < -0.4 is 5.32 Å². The Morgan fingerprint density at radius 3 is 3.71 bits per heavy atom. The molecule has 7 heavy (non-hydrogen) atoms. The molecule has 1 rings (SSSR count). The third-order valence-corrected chi connectivity index (χ3v) is 0.832. The van der Waals surface area contributed by atoms with Gasteiger partial charge in [0.05, 0.1) is 6.34 Å². The predicted octanol–water partition coefficient (Wildman–Crippen LogP) is 0.0893. The van der Waals surface area contributed by atoms with Gasteiger partial charge in [-0.2, -0.15) is 0 Å². The lowest BCUT2D eigenvalue weighted by molar-refractivity contribution is 0.873. The lowest BCUT2D eigenvalue weighted by Gasteiger charge is -1.88. The van der Waals surface area contributed by atoms with Crippen LogP contribution in [0.1, 0.15) is 6.42 Å². The molecule has 0 aromatic carbocycles. The zero-order chi connectivity index (χ0) is 4.95. The van der Waals surface area contributed by atoms with Crippen molar-refractivity contribution in [1.29, 1.82) is 0 Å². The first-order valence-electron chi connectivity index (χ1n) is 2.42. The van der Waals surface area contributed by atoms with Crippen molar-refractivity contribution in [2.24, 2.45) is 4.99 Å². The van der Waals surface area contributed by atoms with Crippen LogP contribution in [0.4, 0.5) is 0 Å². The molecule has 0 aromatic heterocycles. The normalized spacial score (nSPS) is 20.6. The summed E-state index contributed by atoms with van der Waals surface area (Å²) in [5.74, 6) is 0. The van der Waals surface area contributed by atoms with Gasteiger partial charge in [-0.1, -0.05) is 0 Å². The summed E-state index contributed by atoms with van der Waals surface area (Å²) < 4.78 is 0. The van der Waals surface area contributed by atoms with Gasteiger partial charge in [-0.3, -0.25) is 4.99 Å². The van der Waals surface area contributed by atoms with E-state index in [-0.39, 0.29) is 0 Å². The summed E-state index contributed by atoms with van der Waals surface area (Å²) in [6.07, 6.45) is 5.84. The molecule has 38 valence electrons.